The molecule has 0 radical (unpaired) electrons. The van der Waals surface area contributed by atoms with Gasteiger partial charge in [-0.3, -0.25) is 25.0 Å². The summed E-state index contributed by atoms with van der Waals surface area (Å²) < 4.78 is 0. The maximum Gasteiger partial charge on any atom is 0.299 e. The number of halogens is 1. The van der Waals surface area contributed by atoms with E-state index in [1.807, 2.05) is 19.0 Å². The summed E-state index contributed by atoms with van der Waals surface area (Å²) in [5.41, 5.74) is -1.14. The van der Waals surface area contributed by atoms with E-state index in [1.54, 1.807) is 11.8 Å². The second kappa shape index (κ2) is 9.88. The van der Waals surface area contributed by atoms with Crippen molar-refractivity contribution in [1.82, 2.24) is 10.2 Å². The molecule has 0 aliphatic rings. The van der Waals surface area contributed by atoms with Crippen LogP contribution in [-0.4, -0.2) is 66.8 Å². The van der Waals surface area contributed by atoms with Crippen LogP contribution >= 0.6 is 11.6 Å². The molecule has 0 bridgehead atoms. The van der Waals surface area contributed by atoms with Crippen LogP contribution in [0.3, 0.4) is 0 Å². The third-order valence-electron chi connectivity index (χ3n) is 3.65. The average Bonchev–Trinajstić information content (AvgIpc) is 2.57. The summed E-state index contributed by atoms with van der Waals surface area (Å²) in [6.07, 6.45) is 0. The van der Waals surface area contributed by atoms with E-state index in [4.69, 9.17) is 11.6 Å². The van der Waals surface area contributed by atoms with Gasteiger partial charge in [-0.1, -0.05) is 0 Å². The lowest BCUT2D eigenvalue weighted by atomic mass is 10.1. The number of benzene rings is 1. The van der Waals surface area contributed by atoms with Crippen LogP contribution in [-0.2, 0) is 0 Å². The number of hydrogen-bond donors (Lipinski definition) is 1. The lowest BCUT2D eigenvalue weighted by molar-refractivity contribution is -0.393. The Morgan fingerprint density at radius 3 is 2.23 bits per heavy atom. The molecule has 0 saturated heterocycles. The Labute approximate surface area is 156 Å². The number of nitro groups is 2. The van der Waals surface area contributed by atoms with Gasteiger partial charge < -0.3 is 15.1 Å². The smallest absolute Gasteiger partial charge is 0.299 e. The monoisotopic (exact) mass is 387 g/mol. The van der Waals surface area contributed by atoms with Gasteiger partial charge in [0.05, 0.1) is 15.9 Å². The van der Waals surface area contributed by atoms with Crippen LogP contribution in [0, 0.1) is 20.2 Å². The van der Waals surface area contributed by atoms with Crippen molar-refractivity contribution in [3.05, 3.63) is 37.9 Å². The SMILES string of the molecule is CCN(CCCl)c1cc(C(=O)NCCN(C)C)c([N+](=O)[O-])cc1[N+](=O)[O-]. The zero-order valence-electron chi connectivity index (χ0n) is 14.9. The Kier molecular flexibility index (Phi) is 8.20. The van der Waals surface area contributed by atoms with Gasteiger partial charge in [-0.15, -0.1) is 11.6 Å². The number of amides is 1. The summed E-state index contributed by atoms with van der Waals surface area (Å²) in [5, 5.41) is 25.3. The van der Waals surface area contributed by atoms with Crippen LogP contribution in [0.1, 0.15) is 17.3 Å². The zero-order valence-corrected chi connectivity index (χ0v) is 15.7. The molecule has 0 heterocycles. The van der Waals surface area contributed by atoms with Crippen molar-refractivity contribution in [2.45, 2.75) is 6.92 Å². The van der Waals surface area contributed by atoms with E-state index in [1.165, 1.54) is 6.07 Å². The van der Waals surface area contributed by atoms with Crippen LogP contribution < -0.4 is 10.2 Å². The van der Waals surface area contributed by atoms with Crippen molar-refractivity contribution in [1.29, 1.82) is 0 Å². The first-order valence-electron chi connectivity index (χ1n) is 7.93. The minimum atomic E-state index is -0.796. The first kappa shape index (κ1) is 21.6. The van der Waals surface area contributed by atoms with E-state index < -0.39 is 27.1 Å². The molecule has 11 heteroatoms. The Hall–Kier alpha value is -2.46. The van der Waals surface area contributed by atoms with Crippen LogP contribution in [0.25, 0.3) is 0 Å². The molecule has 144 valence electrons. The third-order valence-corrected chi connectivity index (χ3v) is 3.82. The van der Waals surface area contributed by atoms with Gasteiger partial charge in [0.15, 0.2) is 0 Å². The van der Waals surface area contributed by atoms with E-state index >= 15 is 0 Å². The molecule has 0 fully saturated rings. The number of anilines is 1. The molecule has 0 aliphatic heterocycles. The summed E-state index contributed by atoms with van der Waals surface area (Å²) >= 11 is 5.74. The van der Waals surface area contributed by atoms with Gasteiger partial charge in [-0.05, 0) is 27.1 Å². The second-order valence-corrected chi connectivity index (χ2v) is 6.08. The fraction of sp³-hybridized carbons (Fsp3) is 0.533. The molecular formula is C15H22ClN5O5. The fourth-order valence-electron chi connectivity index (χ4n) is 2.34. The van der Waals surface area contributed by atoms with Crippen LogP contribution in [0.15, 0.2) is 12.1 Å². The fourth-order valence-corrected chi connectivity index (χ4v) is 2.54. The van der Waals surface area contributed by atoms with E-state index in [-0.39, 0.29) is 23.7 Å². The first-order valence-corrected chi connectivity index (χ1v) is 8.47. The van der Waals surface area contributed by atoms with Crippen LogP contribution in [0.2, 0.25) is 0 Å². The van der Waals surface area contributed by atoms with Crippen molar-refractivity contribution in [2.24, 2.45) is 0 Å². The normalized spacial score (nSPS) is 10.7. The molecule has 1 rings (SSSR count). The standard InChI is InChI=1S/C15H22ClN5O5/c1-4-19(7-5-16)13-9-11(15(22)17-6-8-18(2)3)12(20(23)24)10-14(13)21(25)26/h9-10H,4-8H2,1-3H3,(H,17,22). The molecule has 1 amide bonds. The maximum absolute atomic E-state index is 12.4. The highest BCUT2D eigenvalue weighted by molar-refractivity contribution is 6.18. The van der Waals surface area contributed by atoms with Gasteiger partial charge in [0.2, 0.25) is 0 Å². The number of likely N-dealkylation sites (N-methyl/N-ethyl adjacent to an activating group) is 1. The number of hydrogen-bond acceptors (Lipinski definition) is 7. The van der Waals surface area contributed by atoms with Crippen LogP contribution in [0.5, 0.6) is 0 Å². The molecule has 0 aliphatic carbocycles. The quantitative estimate of drug-likeness (QED) is 0.369. The molecule has 1 aromatic carbocycles. The highest BCUT2D eigenvalue weighted by Crippen LogP contribution is 2.35. The molecule has 26 heavy (non-hydrogen) atoms. The van der Waals surface area contributed by atoms with Gasteiger partial charge in [-0.25, -0.2) is 0 Å². The lowest BCUT2D eigenvalue weighted by Crippen LogP contribution is -2.32. The van der Waals surface area contributed by atoms with E-state index in [0.29, 0.717) is 19.6 Å². The number of alkyl halides is 1. The van der Waals surface area contributed by atoms with E-state index in [2.05, 4.69) is 5.32 Å². The summed E-state index contributed by atoms with van der Waals surface area (Å²) in [4.78, 5) is 37.0. The Balaban J connectivity index is 3.40. The molecule has 0 aromatic heterocycles. The van der Waals surface area contributed by atoms with Crippen molar-refractivity contribution < 1.29 is 14.6 Å². The molecule has 0 saturated carbocycles. The van der Waals surface area contributed by atoms with Crippen molar-refractivity contribution >= 4 is 34.6 Å². The summed E-state index contributed by atoms with van der Waals surface area (Å²) in [6.45, 7) is 3.31. The van der Waals surface area contributed by atoms with Gasteiger partial charge >= 0.3 is 0 Å². The van der Waals surface area contributed by atoms with Crippen molar-refractivity contribution in [2.75, 3.05) is 51.1 Å². The summed E-state index contributed by atoms with van der Waals surface area (Å²) in [6, 6.07) is 2.02. The van der Waals surface area contributed by atoms with Gasteiger partial charge in [-0.2, -0.15) is 0 Å². The predicted molar refractivity (Wildman–Crippen MR) is 99.2 cm³/mol. The van der Waals surface area contributed by atoms with E-state index in [9.17, 15) is 25.0 Å². The highest BCUT2D eigenvalue weighted by atomic mass is 35.5. The molecule has 1 aromatic rings. The summed E-state index contributed by atoms with van der Waals surface area (Å²) in [5.74, 6) is -0.441. The van der Waals surface area contributed by atoms with Crippen LogP contribution in [0.4, 0.5) is 17.1 Å². The Morgan fingerprint density at radius 1 is 1.15 bits per heavy atom. The van der Waals surface area contributed by atoms with Gasteiger partial charge in [0, 0.05) is 32.1 Å². The molecule has 0 unspecified atom stereocenters. The second-order valence-electron chi connectivity index (χ2n) is 5.70. The topological polar surface area (TPSA) is 122 Å². The largest absolute Gasteiger partial charge is 0.365 e. The molecular weight excluding hydrogens is 366 g/mol. The maximum atomic E-state index is 12.4. The average molecular weight is 388 g/mol. The molecule has 0 spiro atoms. The van der Waals surface area contributed by atoms with E-state index in [0.717, 1.165) is 6.07 Å². The number of nitro benzene ring substituents is 2. The van der Waals surface area contributed by atoms with Crippen molar-refractivity contribution in [3.63, 3.8) is 0 Å². The minimum absolute atomic E-state index is 0.126. The number of carbonyl (C=O) groups is 1. The zero-order chi connectivity index (χ0) is 19.9. The number of carbonyl (C=O) groups excluding carboxylic acids is 1. The first-order chi connectivity index (χ1) is 12.2. The van der Waals surface area contributed by atoms with Gasteiger partial charge in [0.25, 0.3) is 17.3 Å². The predicted octanol–water partition coefficient (Wildman–Crippen LogP) is 1.86. The molecule has 10 nitrogen and oxygen atoms in total. The number of rotatable bonds is 10. The Bertz CT molecular complexity index is 683. The molecule has 0 atom stereocenters. The van der Waals surface area contributed by atoms with Gasteiger partial charge in [0.1, 0.15) is 11.3 Å². The van der Waals surface area contributed by atoms with Crippen molar-refractivity contribution in [3.8, 4) is 0 Å². The molecule has 1 N–H and O–H groups in total. The number of nitrogens with one attached hydrogen (secondary N) is 1. The third kappa shape index (κ3) is 5.53. The Morgan fingerprint density at radius 2 is 1.77 bits per heavy atom. The lowest BCUT2D eigenvalue weighted by Gasteiger charge is -2.22. The summed E-state index contributed by atoms with van der Waals surface area (Å²) in [7, 11) is 3.65. The highest BCUT2D eigenvalue weighted by Gasteiger charge is 2.29. The number of nitrogens with zero attached hydrogens (tertiary/aromatic N) is 4. The minimum Gasteiger partial charge on any atom is -0.365 e.